The van der Waals surface area contributed by atoms with Crippen LogP contribution in [0.5, 0.6) is 0 Å². The van der Waals surface area contributed by atoms with Crippen molar-refractivity contribution in [2.75, 3.05) is 0 Å². The number of ether oxygens (including phenoxy) is 1. The number of nitrogens with one attached hydrogen (secondary N) is 2. The molecule has 126 valence electrons. The Morgan fingerprint density at radius 3 is 2.74 bits per heavy atom. The minimum absolute atomic E-state index is 0.331. The fourth-order valence-electron chi connectivity index (χ4n) is 2.01. The lowest BCUT2D eigenvalue weighted by Gasteiger charge is -2.23. The fraction of sp³-hybridized carbons (Fsp3) is 0.600. The van der Waals surface area contributed by atoms with Gasteiger partial charge in [0.25, 0.3) is 5.89 Å². The molecule has 0 saturated heterocycles. The molecule has 2 rings (SSSR count). The van der Waals surface area contributed by atoms with Gasteiger partial charge in [-0.15, -0.1) is 0 Å². The van der Waals surface area contributed by atoms with E-state index < -0.39 is 11.7 Å². The zero-order valence-electron chi connectivity index (χ0n) is 14.1. The maximum atomic E-state index is 12.0. The molecular weight excluding hydrogens is 298 g/mol. The predicted octanol–water partition coefficient (Wildman–Crippen LogP) is 3.07. The molecule has 0 aliphatic heterocycles. The zero-order valence-corrected chi connectivity index (χ0v) is 14.1. The van der Waals surface area contributed by atoms with Gasteiger partial charge in [0.15, 0.2) is 5.82 Å². The lowest BCUT2D eigenvalue weighted by molar-refractivity contribution is 0.0494. The molecule has 0 radical (unpaired) electrons. The number of aromatic nitrogens is 4. The quantitative estimate of drug-likeness (QED) is 0.876. The Bertz CT molecular complexity index is 628. The van der Waals surface area contributed by atoms with Crippen molar-refractivity contribution < 1.29 is 14.1 Å². The van der Waals surface area contributed by atoms with Crippen LogP contribution in [0.15, 0.2) is 16.8 Å². The number of hydrogen-bond acceptors (Lipinski definition) is 6. The van der Waals surface area contributed by atoms with Crippen molar-refractivity contribution in [1.82, 2.24) is 25.7 Å². The smallest absolute Gasteiger partial charge is 0.408 e. The van der Waals surface area contributed by atoms with Crippen molar-refractivity contribution >= 4 is 6.09 Å². The molecule has 0 spiro atoms. The highest BCUT2D eigenvalue weighted by Gasteiger charge is 2.25. The summed E-state index contributed by atoms with van der Waals surface area (Å²) in [6, 6.07) is 1.35. The molecule has 8 heteroatoms. The van der Waals surface area contributed by atoms with E-state index in [9.17, 15) is 4.79 Å². The van der Waals surface area contributed by atoms with E-state index in [1.807, 2.05) is 20.8 Å². The minimum Gasteiger partial charge on any atom is -0.444 e. The van der Waals surface area contributed by atoms with E-state index in [4.69, 9.17) is 9.26 Å². The summed E-state index contributed by atoms with van der Waals surface area (Å²) in [6.07, 6.45) is 1.77. The van der Waals surface area contributed by atoms with Gasteiger partial charge in [0.1, 0.15) is 11.3 Å². The van der Waals surface area contributed by atoms with E-state index in [1.54, 1.807) is 12.3 Å². The number of H-pyrrole nitrogens is 1. The minimum atomic E-state index is -0.565. The van der Waals surface area contributed by atoms with Crippen LogP contribution < -0.4 is 5.32 Å². The summed E-state index contributed by atoms with van der Waals surface area (Å²) in [5, 5.41) is 13.4. The monoisotopic (exact) mass is 321 g/mol. The highest BCUT2D eigenvalue weighted by atomic mass is 16.6. The van der Waals surface area contributed by atoms with Crippen LogP contribution in [0, 0.1) is 5.92 Å². The molecule has 0 aromatic carbocycles. The van der Waals surface area contributed by atoms with E-state index in [2.05, 4.69) is 39.5 Å². The Morgan fingerprint density at radius 1 is 1.43 bits per heavy atom. The van der Waals surface area contributed by atoms with Crippen molar-refractivity contribution in [2.45, 2.75) is 52.7 Å². The molecule has 8 nitrogen and oxygen atoms in total. The standard InChI is InChI=1S/C15H23N5O3/c1-9(2)8-11(17-14(21)22-15(3,4)5)12-18-13(23-20-12)10-6-7-16-19-10/h6-7,9,11H,8H2,1-5H3,(H,16,19)(H,17,21). The van der Waals surface area contributed by atoms with Crippen molar-refractivity contribution in [2.24, 2.45) is 5.92 Å². The summed E-state index contributed by atoms with van der Waals surface area (Å²) in [5.41, 5.74) is 0.0643. The molecular formula is C15H23N5O3. The van der Waals surface area contributed by atoms with Gasteiger partial charge in [-0.2, -0.15) is 10.1 Å². The van der Waals surface area contributed by atoms with Crippen LogP contribution in [0.25, 0.3) is 11.6 Å². The van der Waals surface area contributed by atoms with Gasteiger partial charge in [-0.25, -0.2) is 4.79 Å². The Labute approximate surface area is 135 Å². The molecule has 0 aliphatic rings. The van der Waals surface area contributed by atoms with Crippen molar-refractivity contribution in [3.8, 4) is 11.6 Å². The average molecular weight is 321 g/mol. The van der Waals surface area contributed by atoms with Crippen LogP contribution in [-0.2, 0) is 4.74 Å². The SMILES string of the molecule is CC(C)CC(NC(=O)OC(C)(C)C)c1noc(-c2ccn[nH]2)n1. The Hall–Kier alpha value is -2.38. The van der Waals surface area contributed by atoms with Crippen LogP contribution in [-0.4, -0.2) is 32.0 Å². The predicted molar refractivity (Wildman–Crippen MR) is 83.4 cm³/mol. The Balaban J connectivity index is 2.13. The van der Waals surface area contributed by atoms with Gasteiger partial charge in [0.05, 0.1) is 6.04 Å². The summed E-state index contributed by atoms with van der Waals surface area (Å²) in [7, 11) is 0. The largest absolute Gasteiger partial charge is 0.444 e. The first-order chi connectivity index (χ1) is 10.7. The first-order valence-electron chi connectivity index (χ1n) is 7.57. The number of carbonyl (C=O) groups excluding carboxylic acids is 1. The van der Waals surface area contributed by atoms with E-state index in [0.717, 1.165) is 0 Å². The molecule has 2 aromatic rings. The Kier molecular flexibility index (Phi) is 5.02. The normalized spacial score (nSPS) is 13.1. The van der Waals surface area contributed by atoms with Crippen LogP contribution in [0.1, 0.15) is 52.9 Å². The van der Waals surface area contributed by atoms with Crippen LogP contribution in [0.4, 0.5) is 4.79 Å². The number of rotatable bonds is 5. The van der Waals surface area contributed by atoms with Crippen molar-refractivity contribution in [3.05, 3.63) is 18.1 Å². The van der Waals surface area contributed by atoms with Crippen molar-refractivity contribution in [3.63, 3.8) is 0 Å². The van der Waals surface area contributed by atoms with Gasteiger partial charge >= 0.3 is 6.09 Å². The summed E-state index contributed by atoms with van der Waals surface area (Å²) in [6.45, 7) is 9.55. The van der Waals surface area contributed by atoms with Gasteiger partial charge in [-0.3, -0.25) is 5.10 Å². The first-order valence-corrected chi connectivity index (χ1v) is 7.57. The van der Waals surface area contributed by atoms with Gasteiger partial charge in [-0.1, -0.05) is 19.0 Å². The van der Waals surface area contributed by atoms with Gasteiger partial charge in [-0.05, 0) is 39.2 Å². The topological polar surface area (TPSA) is 106 Å². The van der Waals surface area contributed by atoms with E-state index in [1.165, 1.54) is 0 Å². The second kappa shape index (κ2) is 6.80. The van der Waals surface area contributed by atoms with E-state index >= 15 is 0 Å². The highest BCUT2D eigenvalue weighted by molar-refractivity contribution is 5.68. The number of hydrogen-bond donors (Lipinski definition) is 2. The lowest BCUT2D eigenvalue weighted by Crippen LogP contribution is -2.35. The molecule has 0 fully saturated rings. The van der Waals surface area contributed by atoms with E-state index in [0.29, 0.717) is 29.7 Å². The van der Waals surface area contributed by atoms with Crippen LogP contribution in [0.3, 0.4) is 0 Å². The summed E-state index contributed by atoms with van der Waals surface area (Å²) >= 11 is 0. The fourth-order valence-corrected chi connectivity index (χ4v) is 2.01. The molecule has 23 heavy (non-hydrogen) atoms. The number of alkyl carbamates (subject to hydrolysis) is 1. The molecule has 2 N–H and O–H groups in total. The molecule has 1 atom stereocenters. The molecule has 1 unspecified atom stereocenters. The zero-order chi connectivity index (χ0) is 17.0. The molecule has 2 aromatic heterocycles. The molecule has 1 amide bonds. The maximum absolute atomic E-state index is 12.0. The second-order valence-corrected chi connectivity index (χ2v) is 6.76. The molecule has 2 heterocycles. The summed E-state index contributed by atoms with van der Waals surface area (Å²) in [4.78, 5) is 16.4. The third-order valence-corrected chi connectivity index (χ3v) is 2.88. The first kappa shape index (κ1) is 17.0. The maximum Gasteiger partial charge on any atom is 0.408 e. The van der Waals surface area contributed by atoms with Crippen molar-refractivity contribution in [1.29, 1.82) is 0 Å². The van der Waals surface area contributed by atoms with E-state index in [-0.39, 0.29) is 6.04 Å². The third-order valence-electron chi connectivity index (χ3n) is 2.88. The van der Waals surface area contributed by atoms with Crippen LogP contribution in [0.2, 0.25) is 0 Å². The number of nitrogens with zero attached hydrogens (tertiary/aromatic N) is 3. The molecule has 0 saturated carbocycles. The Morgan fingerprint density at radius 2 is 2.17 bits per heavy atom. The molecule has 0 bridgehead atoms. The van der Waals surface area contributed by atoms with Gasteiger partial charge < -0.3 is 14.6 Å². The van der Waals surface area contributed by atoms with Gasteiger partial charge in [0, 0.05) is 6.20 Å². The molecule has 0 aliphatic carbocycles. The lowest BCUT2D eigenvalue weighted by atomic mass is 10.0. The van der Waals surface area contributed by atoms with Gasteiger partial charge in [0.2, 0.25) is 0 Å². The number of amides is 1. The number of aromatic amines is 1. The number of carbonyl (C=O) groups is 1. The van der Waals surface area contributed by atoms with Crippen LogP contribution >= 0.6 is 0 Å². The highest BCUT2D eigenvalue weighted by Crippen LogP contribution is 2.22. The second-order valence-electron chi connectivity index (χ2n) is 6.76. The average Bonchev–Trinajstić information content (AvgIpc) is 3.06. The summed E-state index contributed by atoms with van der Waals surface area (Å²) < 4.78 is 10.5. The summed E-state index contributed by atoms with van der Waals surface area (Å²) in [5.74, 6) is 1.08. The third kappa shape index (κ3) is 5.08.